The van der Waals surface area contributed by atoms with Crippen molar-refractivity contribution in [1.29, 1.82) is 0 Å². The van der Waals surface area contributed by atoms with Crippen LogP contribution in [0, 0.1) is 6.92 Å². The predicted octanol–water partition coefficient (Wildman–Crippen LogP) is 4.24. The van der Waals surface area contributed by atoms with Gasteiger partial charge in [0, 0.05) is 23.4 Å². The van der Waals surface area contributed by atoms with Gasteiger partial charge in [0.15, 0.2) is 0 Å². The molecule has 0 atom stereocenters. The molecule has 0 aromatic heterocycles. The smallest absolute Gasteiger partial charge is 0.255 e. The Morgan fingerprint density at radius 3 is 2.72 bits per heavy atom. The van der Waals surface area contributed by atoms with Gasteiger partial charge in [0.2, 0.25) is 0 Å². The van der Waals surface area contributed by atoms with Crippen LogP contribution < -0.4 is 0 Å². The van der Waals surface area contributed by atoms with Crippen LogP contribution in [0.4, 0.5) is 0 Å². The number of nitrogens with zero attached hydrogens (tertiary/aromatic N) is 1. The van der Waals surface area contributed by atoms with Crippen LogP contribution in [0.1, 0.15) is 35.7 Å². The van der Waals surface area contributed by atoms with Crippen LogP contribution in [0.25, 0.3) is 0 Å². The normalized spacial score (nSPS) is 10.4. The summed E-state index contributed by atoms with van der Waals surface area (Å²) in [6.45, 7) is 5.47. The van der Waals surface area contributed by atoms with Gasteiger partial charge in [0.1, 0.15) is 0 Å². The molecule has 0 aliphatic carbocycles. The van der Waals surface area contributed by atoms with E-state index >= 15 is 0 Å². The number of hydrogen-bond donors (Lipinski definition) is 0. The van der Waals surface area contributed by atoms with Gasteiger partial charge in [0.25, 0.3) is 5.91 Å². The molecule has 100 valence electrons. The van der Waals surface area contributed by atoms with Crippen molar-refractivity contribution < 1.29 is 4.79 Å². The summed E-state index contributed by atoms with van der Waals surface area (Å²) in [7, 11) is 0. The molecular weight excluding hydrogens is 314 g/mol. The van der Waals surface area contributed by atoms with Crippen LogP contribution in [-0.4, -0.2) is 29.8 Å². The first kappa shape index (κ1) is 15.5. The molecule has 1 aromatic carbocycles. The third-order valence-electron chi connectivity index (χ3n) is 2.78. The monoisotopic (exact) mass is 331 g/mol. The molecule has 0 unspecified atom stereocenters. The van der Waals surface area contributed by atoms with Gasteiger partial charge in [-0.05, 0) is 41.4 Å². The summed E-state index contributed by atoms with van der Waals surface area (Å²) >= 11 is 9.21. The summed E-state index contributed by atoms with van der Waals surface area (Å²) in [6.07, 6.45) is 2.08. The summed E-state index contributed by atoms with van der Waals surface area (Å²) in [5, 5.41) is 0. The van der Waals surface area contributed by atoms with Crippen LogP contribution in [0.2, 0.25) is 0 Å². The van der Waals surface area contributed by atoms with Crippen LogP contribution in [0.5, 0.6) is 0 Å². The van der Waals surface area contributed by atoms with Crippen LogP contribution in [-0.2, 0) is 0 Å². The van der Waals surface area contributed by atoms with Gasteiger partial charge in [-0.15, -0.1) is 11.6 Å². The number of hydrogen-bond acceptors (Lipinski definition) is 1. The molecule has 18 heavy (non-hydrogen) atoms. The highest BCUT2D eigenvalue weighted by Gasteiger charge is 2.17. The van der Waals surface area contributed by atoms with Crippen molar-refractivity contribution in [2.75, 3.05) is 19.0 Å². The number of unbranched alkanes of at least 4 members (excludes halogenated alkanes) is 1. The Morgan fingerprint density at radius 1 is 1.39 bits per heavy atom. The number of halogens is 2. The number of alkyl halides is 1. The van der Waals surface area contributed by atoms with Crippen LogP contribution in [0.3, 0.4) is 0 Å². The molecular formula is C14H19BrClNO. The first-order chi connectivity index (χ1) is 8.60. The maximum Gasteiger partial charge on any atom is 0.255 e. The summed E-state index contributed by atoms with van der Waals surface area (Å²) < 4.78 is 0.842. The Kier molecular flexibility index (Phi) is 6.72. The minimum Gasteiger partial charge on any atom is -0.337 e. The van der Waals surface area contributed by atoms with E-state index in [4.69, 9.17) is 11.6 Å². The molecule has 0 heterocycles. The number of benzene rings is 1. The van der Waals surface area contributed by atoms with E-state index in [0.717, 1.165) is 35.0 Å². The number of carbonyl (C=O) groups is 1. The van der Waals surface area contributed by atoms with Gasteiger partial charge in [-0.2, -0.15) is 0 Å². The SMILES string of the molecule is CCCCN(CCCl)C(=O)c1cc(C)ccc1Br. The minimum absolute atomic E-state index is 0.0553. The lowest BCUT2D eigenvalue weighted by molar-refractivity contribution is 0.0762. The van der Waals surface area contributed by atoms with Gasteiger partial charge in [-0.1, -0.05) is 25.0 Å². The average molecular weight is 333 g/mol. The first-order valence-electron chi connectivity index (χ1n) is 6.21. The Bertz CT molecular complexity index is 409. The molecule has 0 saturated carbocycles. The van der Waals surface area contributed by atoms with E-state index in [1.165, 1.54) is 0 Å². The second-order valence-electron chi connectivity index (χ2n) is 4.32. The lowest BCUT2D eigenvalue weighted by Crippen LogP contribution is -2.34. The molecule has 1 aromatic rings. The molecule has 0 bridgehead atoms. The van der Waals surface area contributed by atoms with Gasteiger partial charge in [-0.25, -0.2) is 0 Å². The molecule has 0 N–H and O–H groups in total. The van der Waals surface area contributed by atoms with Crippen molar-refractivity contribution >= 4 is 33.4 Å². The minimum atomic E-state index is 0.0553. The fourth-order valence-corrected chi connectivity index (χ4v) is 2.36. The van der Waals surface area contributed by atoms with Crippen molar-refractivity contribution in [3.8, 4) is 0 Å². The zero-order chi connectivity index (χ0) is 13.5. The van der Waals surface area contributed by atoms with E-state index in [2.05, 4.69) is 22.9 Å². The van der Waals surface area contributed by atoms with E-state index in [1.54, 1.807) is 0 Å². The Balaban J connectivity index is 2.90. The maximum atomic E-state index is 12.5. The molecule has 4 heteroatoms. The molecule has 0 radical (unpaired) electrons. The molecule has 1 amide bonds. The lowest BCUT2D eigenvalue weighted by atomic mass is 10.1. The van der Waals surface area contributed by atoms with Gasteiger partial charge in [-0.3, -0.25) is 4.79 Å². The molecule has 0 aliphatic rings. The average Bonchev–Trinajstić information content (AvgIpc) is 2.36. The van der Waals surface area contributed by atoms with Gasteiger partial charge < -0.3 is 4.90 Å². The summed E-state index contributed by atoms with van der Waals surface area (Å²) in [4.78, 5) is 14.3. The fourth-order valence-electron chi connectivity index (χ4n) is 1.74. The van der Waals surface area contributed by atoms with Crippen molar-refractivity contribution in [2.24, 2.45) is 0 Å². The van der Waals surface area contributed by atoms with Crippen LogP contribution >= 0.6 is 27.5 Å². The Labute approximate surface area is 122 Å². The second kappa shape index (κ2) is 7.80. The van der Waals surface area contributed by atoms with E-state index in [-0.39, 0.29) is 5.91 Å². The number of carbonyl (C=O) groups excluding carboxylic acids is 1. The van der Waals surface area contributed by atoms with E-state index in [0.29, 0.717) is 12.4 Å². The number of aryl methyl sites for hydroxylation is 1. The van der Waals surface area contributed by atoms with Crippen molar-refractivity contribution in [3.05, 3.63) is 33.8 Å². The van der Waals surface area contributed by atoms with Crippen molar-refractivity contribution in [2.45, 2.75) is 26.7 Å². The van der Waals surface area contributed by atoms with E-state index < -0.39 is 0 Å². The molecule has 1 rings (SSSR count). The third kappa shape index (κ3) is 4.29. The predicted molar refractivity (Wildman–Crippen MR) is 80.4 cm³/mol. The molecule has 0 aliphatic heterocycles. The van der Waals surface area contributed by atoms with E-state index in [1.807, 2.05) is 30.0 Å². The fraction of sp³-hybridized carbons (Fsp3) is 0.500. The quantitative estimate of drug-likeness (QED) is 0.714. The standard InChI is InChI=1S/C14H19BrClNO/c1-3-4-8-17(9-7-16)14(18)12-10-11(2)5-6-13(12)15/h5-6,10H,3-4,7-9H2,1-2H3. The Hall–Kier alpha value is -0.540. The third-order valence-corrected chi connectivity index (χ3v) is 3.64. The number of rotatable bonds is 6. The van der Waals surface area contributed by atoms with Crippen molar-refractivity contribution in [3.63, 3.8) is 0 Å². The highest BCUT2D eigenvalue weighted by molar-refractivity contribution is 9.10. The molecule has 0 fully saturated rings. The van der Waals surface area contributed by atoms with Gasteiger partial charge in [0.05, 0.1) is 5.56 Å². The summed E-state index contributed by atoms with van der Waals surface area (Å²) in [6, 6.07) is 5.82. The van der Waals surface area contributed by atoms with E-state index in [9.17, 15) is 4.79 Å². The number of amides is 1. The summed E-state index contributed by atoms with van der Waals surface area (Å²) in [5.41, 5.74) is 1.80. The molecule has 0 saturated heterocycles. The highest BCUT2D eigenvalue weighted by atomic mass is 79.9. The first-order valence-corrected chi connectivity index (χ1v) is 7.54. The maximum absolute atomic E-state index is 12.5. The highest BCUT2D eigenvalue weighted by Crippen LogP contribution is 2.20. The summed E-state index contributed by atoms with van der Waals surface area (Å²) in [5.74, 6) is 0.526. The lowest BCUT2D eigenvalue weighted by Gasteiger charge is -2.22. The largest absolute Gasteiger partial charge is 0.337 e. The van der Waals surface area contributed by atoms with Gasteiger partial charge >= 0.3 is 0 Å². The zero-order valence-electron chi connectivity index (χ0n) is 10.9. The second-order valence-corrected chi connectivity index (χ2v) is 5.55. The topological polar surface area (TPSA) is 20.3 Å². The Morgan fingerprint density at radius 2 is 2.11 bits per heavy atom. The zero-order valence-corrected chi connectivity index (χ0v) is 13.2. The molecule has 2 nitrogen and oxygen atoms in total. The van der Waals surface area contributed by atoms with Crippen molar-refractivity contribution in [1.82, 2.24) is 4.90 Å². The molecule has 0 spiro atoms. The van der Waals surface area contributed by atoms with Crippen LogP contribution in [0.15, 0.2) is 22.7 Å².